The van der Waals surface area contributed by atoms with Crippen LogP contribution in [0.15, 0.2) is 54.1 Å². The standard InChI is InChI=1S/C22H16N2O6/c1-3-11-30-17-6-4-5-14(12-17)13-18-19(25)23-22(28)24(20(18)26)16-9-7-15(8-10-16)21(27)29-2/h1,4-10,12-13H,11H2,2H3,(H,23,25,28)/b18-13+. The number of hydrogen-bond donors (Lipinski definition) is 1. The second-order valence-electron chi connectivity index (χ2n) is 6.06. The van der Waals surface area contributed by atoms with Crippen molar-refractivity contribution < 1.29 is 28.7 Å². The van der Waals surface area contributed by atoms with Gasteiger partial charge in [0.05, 0.1) is 18.4 Å². The fraction of sp³-hybridized carbons (Fsp3) is 0.0909. The Labute approximate surface area is 172 Å². The molecule has 0 radical (unpaired) electrons. The summed E-state index contributed by atoms with van der Waals surface area (Å²) in [5.74, 6) is 0.640. The van der Waals surface area contributed by atoms with Crippen LogP contribution in [0.25, 0.3) is 6.08 Å². The summed E-state index contributed by atoms with van der Waals surface area (Å²) in [7, 11) is 1.24. The second-order valence-corrected chi connectivity index (χ2v) is 6.06. The zero-order chi connectivity index (χ0) is 21.7. The first-order chi connectivity index (χ1) is 14.4. The number of amides is 4. The molecule has 0 aliphatic carbocycles. The molecule has 150 valence electrons. The van der Waals surface area contributed by atoms with Gasteiger partial charge in [-0.25, -0.2) is 14.5 Å². The SMILES string of the molecule is C#CCOc1cccc(/C=C2\C(=O)NC(=O)N(c3ccc(C(=O)OC)cc3)C2=O)c1. The third kappa shape index (κ3) is 4.20. The molecule has 1 heterocycles. The molecule has 2 aromatic rings. The molecule has 4 amide bonds. The number of benzene rings is 2. The number of imide groups is 2. The lowest BCUT2D eigenvalue weighted by atomic mass is 10.1. The van der Waals surface area contributed by atoms with Gasteiger partial charge in [-0.05, 0) is 48.0 Å². The Morgan fingerprint density at radius 1 is 1.17 bits per heavy atom. The minimum absolute atomic E-state index is 0.0727. The molecule has 2 aromatic carbocycles. The predicted molar refractivity (Wildman–Crippen MR) is 108 cm³/mol. The molecule has 0 atom stereocenters. The van der Waals surface area contributed by atoms with Crippen LogP contribution in [0, 0.1) is 12.3 Å². The van der Waals surface area contributed by atoms with Crippen molar-refractivity contribution in [2.45, 2.75) is 0 Å². The Hall–Kier alpha value is -4.38. The predicted octanol–water partition coefficient (Wildman–Crippen LogP) is 2.15. The molecule has 1 N–H and O–H groups in total. The molecule has 0 spiro atoms. The van der Waals surface area contributed by atoms with Crippen LogP contribution in [0.4, 0.5) is 10.5 Å². The molecule has 1 aliphatic rings. The third-order valence-corrected chi connectivity index (χ3v) is 4.14. The van der Waals surface area contributed by atoms with Crippen molar-refractivity contribution in [2.24, 2.45) is 0 Å². The molecule has 1 fully saturated rings. The van der Waals surface area contributed by atoms with Gasteiger partial charge in [-0.3, -0.25) is 14.9 Å². The van der Waals surface area contributed by atoms with Crippen molar-refractivity contribution in [2.75, 3.05) is 18.6 Å². The summed E-state index contributed by atoms with van der Waals surface area (Å²) in [5, 5.41) is 2.14. The lowest BCUT2D eigenvalue weighted by molar-refractivity contribution is -0.122. The average molecular weight is 404 g/mol. The van der Waals surface area contributed by atoms with E-state index >= 15 is 0 Å². The Morgan fingerprint density at radius 3 is 2.57 bits per heavy atom. The number of carbonyl (C=O) groups is 4. The van der Waals surface area contributed by atoms with Crippen molar-refractivity contribution >= 4 is 35.6 Å². The van der Waals surface area contributed by atoms with Crippen LogP contribution in [-0.2, 0) is 14.3 Å². The summed E-state index contributed by atoms with van der Waals surface area (Å²) in [5.41, 5.74) is 0.718. The van der Waals surface area contributed by atoms with E-state index in [1.807, 2.05) is 0 Å². The number of ether oxygens (including phenoxy) is 2. The smallest absolute Gasteiger partial charge is 0.337 e. The van der Waals surface area contributed by atoms with Gasteiger partial charge in [-0.2, -0.15) is 0 Å². The highest BCUT2D eigenvalue weighted by atomic mass is 16.5. The number of carbonyl (C=O) groups excluding carboxylic acids is 4. The van der Waals surface area contributed by atoms with E-state index in [1.54, 1.807) is 24.3 Å². The van der Waals surface area contributed by atoms with Crippen LogP contribution in [0.5, 0.6) is 5.75 Å². The fourth-order valence-corrected chi connectivity index (χ4v) is 2.74. The topological polar surface area (TPSA) is 102 Å². The molecule has 30 heavy (non-hydrogen) atoms. The Balaban J connectivity index is 1.92. The van der Waals surface area contributed by atoms with Crippen LogP contribution in [0.2, 0.25) is 0 Å². The first kappa shape index (κ1) is 20.4. The molecule has 8 heteroatoms. The minimum Gasteiger partial charge on any atom is -0.481 e. The number of hydrogen-bond acceptors (Lipinski definition) is 6. The number of terminal acetylenes is 1. The maximum absolute atomic E-state index is 12.9. The maximum atomic E-state index is 12.9. The van der Waals surface area contributed by atoms with E-state index in [4.69, 9.17) is 11.2 Å². The number of nitrogens with one attached hydrogen (secondary N) is 1. The normalized spacial score (nSPS) is 14.9. The van der Waals surface area contributed by atoms with Gasteiger partial charge in [0.25, 0.3) is 11.8 Å². The van der Waals surface area contributed by atoms with Crippen LogP contribution in [-0.4, -0.2) is 37.5 Å². The average Bonchev–Trinajstić information content (AvgIpc) is 2.75. The lowest BCUT2D eigenvalue weighted by Gasteiger charge is -2.26. The number of esters is 1. The molecule has 8 nitrogen and oxygen atoms in total. The zero-order valence-electron chi connectivity index (χ0n) is 15.9. The number of anilines is 1. The first-order valence-corrected chi connectivity index (χ1v) is 8.70. The van der Waals surface area contributed by atoms with Crippen molar-refractivity contribution in [3.8, 4) is 18.1 Å². The minimum atomic E-state index is -0.890. The van der Waals surface area contributed by atoms with E-state index in [1.165, 1.54) is 37.5 Å². The molecule has 1 saturated heterocycles. The Bertz CT molecular complexity index is 1100. The number of nitrogens with zero attached hydrogens (tertiary/aromatic N) is 1. The number of methoxy groups -OCH3 is 1. The van der Waals surface area contributed by atoms with Gasteiger partial charge in [-0.1, -0.05) is 18.1 Å². The van der Waals surface area contributed by atoms with Crippen molar-refractivity contribution in [1.82, 2.24) is 5.32 Å². The van der Waals surface area contributed by atoms with E-state index in [-0.39, 0.29) is 23.4 Å². The van der Waals surface area contributed by atoms with Crippen molar-refractivity contribution in [3.63, 3.8) is 0 Å². The van der Waals surface area contributed by atoms with Gasteiger partial charge in [0.2, 0.25) is 0 Å². The van der Waals surface area contributed by atoms with E-state index < -0.39 is 23.8 Å². The monoisotopic (exact) mass is 404 g/mol. The first-order valence-electron chi connectivity index (χ1n) is 8.70. The largest absolute Gasteiger partial charge is 0.481 e. The summed E-state index contributed by atoms with van der Waals surface area (Å²) >= 11 is 0. The second kappa shape index (κ2) is 8.75. The summed E-state index contributed by atoms with van der Waals surface area (Å²) in [4.78, 5) is 49.8. The summed E-state index contributed by atoms with van der Waals surface area (Å²) in [6, 6.07) is 11.4. The number of rotatable bonds is 5. The zero-order valence-corrected chi connectivity index (χ0v) is 15.9. The van der Waals surface area contributed by atoms with E-state index in [0.717, 1.165) is 4.90 Å². The maximum Gasteiger partial charge on any atom is 0.337 e. The fourth-order valence-electron chi connectivity index (χ4n) is 2.74. The highest BCUT2D eigenvalue weighted by Gasteiger charge is 2.36. The quantitative estimate of drug-likeness (QED) is 0.355. The van der Waals surface area contributed by atoms with Gasteiger partial charge >= 0.3 is 12.0 Å². The molecular formula is C22H16N2O6. The highest BCUT2D eigenvalue weighted by molar-refractivity contribution is 6.39. The summed E-state index contributed by atoms with van der Waals surface area (Å²) in [6.45, 7) is 0.0727. The summed E-state index contributed by atoms with van der Waals surface area (Å²) in [6.07, 6.45) is 6.52. The molecule has 0 unspecified atom stereocenters. The van der Waals surface area contributed by atoms with E-state index in [9.17, 15) is 19.2 Å². The Kier molecular flexibility index (Phi) is 5.94. The molecule has 0 aromatic heterocycles. The van der Waals surface area contributed by atoms with Crippen LogP contribution in [0.1, 0.15) is 15.9 Å². The van der Waals surface area contributed by atoms with Gasteiger partial charge in [0, 0.05) is 0 Å². The lowest BCUT2D eigenvalue weighted by Crippen LogP contribution is -2.54. The molecule has 1 aliphatic heterocycles. The number of urea groups is 1. The van der Waals surface area contributed by atoms with Crippen LogP contribution >= 0.6 is 0 Å². The van der Waals surface area contributed by atoms with Crippen molar-refractivity contribution in [3.05, 3.63) is 65.2 Å². The van der Waals surface area contributed by atoms with Gasteiger partial charge in [-0.15, -0.1) is 6.42 Å². The van der Waals surface area contributed by atoms with Crippen molar-refractivity contribution in [1.29, 1.82) is 0 Å². The summed E-state index contributed by atoms with van der Waals surface area (Å²) < 4.78 is 9.95. The van der Waals surface area contributed by atoms with Crippen LogP contribution < -0.4 is 15.0 Å². The molecule has 0 bridgehead atoms. The Morgan fingerprint density at radius 2 is 1.90 bits per heavy atom. The highest BCUT2D eigenvalue weighted by Crippen LogP contribution is 2.23. The van der Waals surface area contributed by atoms with Gasteiger partial charge in [0.1, 0.15) is 17.9 Å². The van der Waals surface area contributed by atoms with E-state index in [0.29, 0.717) is 11.3 Å². The molecule has 0 saturated carbocycles. The van der Waals surface area contributed by atoms with Gasteiger partial charge in [0.15, 0.2) is 0 Å². The molecule has 3 rings (SSSR count). The van der Waals surface area contributed by atoms with E-state index in [2.05, 4.69) is 16.0 Å². The number of barbiturate groups is 1. The van der Waals surface area contributed by atoms with Crippen LogP contribution in [0.3, 0.4) is 0 Å². The van der Waals surface area contributed by atoms with Gasteiger partial charge < -0.3 is 9.47 Å². The third-order valence-electron chi connectivity index (χ3n) is 4.14. The molecular weight excluding hydrogens is 388 g/mol.